The van der Waals surface area contributed by atoms with Crippen molar-refractivity contribution in [3.63, 3.8) is 0 Å². The normalized spacial score (nSPS) is 10.4. The van der Waals surface area contributed by atoms with Crippen molar-refractivity contribution in [2.75, 3.05) is 6.54 Å². The molecule has 2 aromatic heterocycles. The highest BCUT2D eigenvalue weighted by Gasteiger charge is 2.15. The maximum absolute atomic E-state index is 12.3. The molecule has 5 heteroatoms. The van der Waals surface area contributed by atoms with Crippen molar-refractivity contribution in [3.05, 3.63) is 69.8 Å². The zero-order valence-corrected chi connectivity index (χ0v) is 10.9. The maximum Gasteiger partial charge on any atom is 0.261 e. The quantitative estimate of drug-likeness (QED) is 0.821. The summed E-state index contributed by atoms with van der Waals surface area (Å²) in [5.41, 5.74) is -0.708. The first kappa shape index (κ1) is 13.7. The Morgan fingerprint density at radius 3 is 2.60 bits per heavy atom. The topological polar surface area (TPSA) is 68.2 Å². The highest BCUT2D eigenvalue weighted by Crippen LogP contribution is 2.10. The van der Waals surface area contributed by atoms with Gasteiger partial charge in [-0.15, -0.1) is 13.2 Å². The van der Waals surface area contributed by atoms with Crippen LogP contribution in [0.15, 0.2) is 53.1 Å². The Balaban J connectivity index is 2.72. The fourth-order valence-electron chi connectivity index (χ4n) is 2.00. The SMILES string of the molecule is C=CCNC(=O)c1cc2ccc1c(=O)n(CC=C)c2=O. The first-order valence-corrected chi connectivity index (χ1v) is 6.10. The predicted molar refractivity (Wildman–Crippen MR) is 78.4 cm³/mol. The number of fused-ring (bicyclic) bond motifs is 4. The van der Waals surface area contributed by atoms with E-state index in [1.54, 1.807) is 6.07 Å². The molecule has 102 valence electrons. The van der Waals surface area contributed by atoms with E-state index >= 15 is 0 Å². The molecule has 0 aliphatic carbocycles. The van der Waals surface area contributed by atoms with Gasteiger partial charge in [0.25, 0.3) is 17.0 Å². The van der Waals surface area contributed by atoms with Crippen LogP contribution in [-0.4, -0.2) is 17.0 Å². The molecular weight excluding hydrogens is 256 g/mol. The second kappa shape index (κ2) is 5.52. The van der Waals surface area contributed by atoms with Crippen molar-refractivity contribution in [1.29, 1.82) is 0 Å². The Bertz CT molecular complexity index is 790. The number of carbonyl (C=O) groups is 1. The minimum absolute atomic E-state index is 0.113. The minimum atomic E-state index is -0.487. The summed E-state index contributed by atoms with van der Waals surface area (Å²) in [6.07, 6.45) is 3.01. The van der Waals surface area contributed by atoms with E-state index in [1.165, 1.54) is 24.3 Å². The number of carbonyl (C=O) groups excluding carboxylic acids is 1. The van der Waals surface area contributed by atoms with Crippen LogP contribution >= 0.6 is 0 Å². The van der Waals surface area contributed by atoms with E-state index in [-0.39, 0.29) is 17.5 Å². The molecule has 0 radical (unpaired) electrons. The highest BCUT2D eigenvalue weighted by atomic mass is 16.2. The molecule has 3 rings (SSSR count). The Morgan fingerprint density at radius 1 is 1.20 bits per heavy atom. The molecule has 3 aromatic rings. The minimum Gasteiger partial charge on any atom is -0.349 e. The molecule has 1 amide bonds. The molecule has 0 saturated carbocycles. The third kappa shape index (κ3) is 2.25. The molecule has 0 aliphatic heterocycles. The molecule has 2 bridgehead atoms. The molecule has 0 spiro atoms. The van der Waals surface area contributed by atoms with Crippen LogP contribution in [0.3, 0.4) is 0 Å². The largest absolute Gasteiger partial charge is 0.349 e. The zero-order valence-electron chi connectivity index (χ0n) is 10.9. The van der Waals surface area contributed by atoms with Crippen LogP contribution in [0.2, 0.25) is 0 Å². The van der Waals surface area contributed by atoms with Gasteiger partial charge in [-0.2, -0.15) is 0 Å². The van der Waals surface area contributed by atoms with Crippen LogP contribution in [0.5, 0.6) is 0 Å². The molecule has 2 heterocycles. The number of aromatic nitrogens is 1. The average Bonchev–Trinajstić information content (AvgIpc) is 2.63. The van der Waals surface area contributed by atoms with Crippen LogP contribution in [-0.2, 0) is 6.54 Å². The van der Waals surface area contributed by atoms with Crippen molar-refractivity contribution in [2.24, 2.45) is 0 Å². The first-order valence-electron chi connectivity index (χ1n) is 6.10. The number of hydrogen-bond donors (Lipinski definition) is 1. The standard InChI is InChI=1S/C15H14N2O3/c1-3-7-16-13(18)12-9-10-5-6-11(12)15(20)17(8-4-2)14(10)19/h3-6,9H,1-2,7-8H2,(H,16,18). The lowest BCUT2D eigenvalue weighted by molar-refractivity contribution is 0.0959. The molecule has 1 N–H and O–H groups in total. The van der Waals surface area contributed by atoms with Gasteiger partial charge in [-0.3, -0.25) is 19.0 Å². The molecular formula is C15H14N2O3. The second-order valence-corrected chi connectivity index (χ2v) is 4.27. The van der Waals surface area contributed by atoms with Gasteiger partial charge in [-0.25, -0.2) is 0 Å². The van der Waals surface area contributed by atoms with E-state index in [0.29, 0.717) is 11.9 Å². The van der Waals surface area contributed by atoms with Crippen molar-refractivity contribution < 1.29 is 4.79 Å². The monoisotopic (exact) mass is 270 g/mol. The van der Waals surface area contributed by atoms with Crippen LogP contribution in [0.4, 0.5) is 0 Å². The van der Waals surface area contributed by atoms with E-state index in [0.717, 1.165) is 4.57 Å². The lowest BCUT2D eigenvalue weighted by atomic mass is 10.1. The number of nitrogens with one attached hydrogen (secondary N) is 1. The first-order chi connectivity index (χ1) is 9.60. The Kier molecular flexibility index (Phi) is 3.79. The molecule has 0 aliphatic rings. The molecule has 0 fully saturated rings. The molecule has 5 nitrogen and oxygen atoms in total. The van der Waals surface area contributed by atoms with E-state index in [4.69, 9.17) is 0 Å². The predicted octanol–water partition coefficient (Wildman–Crippen LogP) is 0.901. The zero-order chi connectivity index (χ0) is 14.7. The highest BCUT2D eigenvalue weighted by molar-refractivity contribution is 6.03. The van der Waals surface area contributed by atoms with Gasteiger partial charge in [0.2, 0.25) is 0 Å². The van der Waals surface area contributed by atoms with Crippen LogP contribution in [0, 0.1) is 0 Å². The van der Waals surface area contributed by atoms with E-state index in [2.05, 4.69) is 18.5 Å². The number of amides is 1. The molecule has 20 heavy (non-hydrogen) atoms. The third-order valence-corrected chi connectivity index (χ3v) is 2.95. The Labute approximate surface area is 115 Å². The van der Waals surface area contributed by atoms with Crippen molar-refractivity contribution >= 4 is 16.7 Å². The summed E-state index contributed by atoms with van der Waals surface area (Å²) in [4.78, 5) is 36.5. The third-order valence-electron chi connectivity index (χ3n) is 2.95. The van der Waals surface area contributed by atoms with Gasteiger partial charge in [0.05, 0.1) is 10.9 Å². The fourth-order valence-corrected chi connectivity index (χ4v) is 2.00. The summed E-state index contributed by atoms with van der Waals surface area (Å²) in [7, 11) is 0. The molecule has 0 atom stereocenters. The maximum atomic E-state index is 12.3. The van der Waals surface area contributed by atoms with Gasteiger partial charge in [0.15, 0.2) is 0 Å². The summed E-state index contributed by atoms with van der Waals surface area (Å²) in [5.74, 6) is -0.400. The Morgan fingerprint density at radius 2 is 1.95 bits per heavy atom. The van der Waals surface area contributed by atoms with E-state index in [9.17, 15) is 14.4 Å². The lowest BCUT2D eigenvalue weighted by Crippen LogP contribution is -2.29. The fraction of sp³-hybridized carbons (Fsp3) is 0.133. The second-order valence-electron chi connectivity index (χ2n) is 4.27. The van der Waals surface area contributed by atoms with Gasteiger partial charge >= 0.3 is 0 Å². The van der Waals surface area contributed by atoms with Crippen LogP contribution < -0.4 is 16.4 Å². The van der Waals surface area contributed by atoms with E-state index in [1.807, 2.05) is 0 Å². The molecule has 1 aromatic carbocycles. The van der Waals surface area contributed by atoms with Crippen LogP contribution in [0.25, 0.3) is 10.8 Å². The van der Waals surface area contributed by atoms with Crippen molar-refractivity contribution in [2.45, 2.75) is 6.54 Å². The smallest absolute Gasteiger partial charge is 0.261 e. The van der Waals surface area contributed by atoms with Crippen molar-refractivity contribution in [3.8, 4) is 0 Å². The molecule has 0 unspecified atom stereocenters. The summed E-state index contributed by atoms with van der Waals surface area (Å²) in [6, 6.07) is 4.49. The van der Waals surface area contributed by atoms with Crippen LogP contribution in [0.1, 0.15) is 10.4 Å². The number of rotatable bonds is 5. The number of hydrogen-bond acceptors (Lipinski definition) is 3. The average molecular weight is 270 g/mol. The van der Waals surface area contributed by atoms with E-state index < -0.39 is 17.0 Å². The summed E-state index contributed by atoms with van der Waals surface area (Å²) in [6.45, 7) is 7.44. The lowest BCUT2D eigenvalue weighted by Gasteiger charge is -2.02. The summed E-state index contributed by atoms with van der Waals surface area (Å²) in [5, 5.41) is 3.12. The molecule has 0 saturated heterocycles. The number of nitrogens with zero attached hydrogens (tertiary/aromatic N) is 1. The van der Waals surface area contributed by atoms with Gasteiger partial charge in [0.1, 0.15) is 0 Å². The van der Waals surface area contributed by atoms with Crippen molar-refractivity contribution in [1.82, 2.24) is 9.88 Å². The van der Waals surface area contributed by atoms with Gasteiger partial charge in [0, 0.05) is 18.5 Å². The van der Waals surface area contributed by atoms with Gasteiger partial charge < -0.3 is 5.32 Å². The van der Waals surface area contributed by atoms with Gasteiger partial charge in [-0.05, 0) is 18.2 Å². The Hall–Kier alpha value is -2.69. The summed E-state index contributed by atoms with van der Waals surface area (Å²) < 4.78 is 1.07. The van der Waals surface area contributed by atoms with Gasteiger partial charge in [-0.1, -0.05) is 12.2 Å². The summed E-state index contributed by atoms with van der Waals surface area (Å²) >= 11 is 0. The number of allylic oxidation sites excluding steroid dienone is 1. The number of benzene rings is 1.